The minimum Gasteiger partial charge on any atom is -0.408 e. The fraction of sp³-hybridized carbons (Fsp3) is 0.188. The Morgan fingerprint density at radius 1 is 1.13 bits per heavy atom. The molecule has 0 unspecified atom stereocenters. The number of aromatic nitrogens is 1. The monoisotopic (exact) mass is 332 g/mol. The van der Waals surface area contributed by atoms with Crippen LogP contribution in [0.15, 0.2) is 62.6 Å². The maximum absolute atomic E-state index is 12.3. The van der Waals surface area contributed by atoms with Gasteiger partial charge in [0, 0.05) is 12.6 Å². The van der Waals surface area contributed by atoms with E-state index >= 15 is 0 Å². The van der Waals surface area contributed by atoms with Gasteiger partial charge in [0.1, 0.15) is 0 Å². The number of nitrogens with zero attached hydrogens (tertiary/aromatic N) is 1. The lowest BCUT2D eigenvalue weighted by molar-refractivity contribution is 0.502. The number of fused-ring (bicyclic) bond motifs is 1. The van der Waals surface area contributed by atoms with Crippen LogP contribution >= 0.6 is 0 Å². The van der Waals surface area contributed by atoms with Gasteiger partial charge < -0.3 is 4.42 Å². The number of anilines is 1. The molecule has 0 amide bonds. The van der Waals surface area contributed by atoms with Gasteiger partial charge in [-0.25, -0.2) is 13.2 Å². The quantitative estimate of drug-likeness (QED) is 0.779. The molecule has 1 heterocycles. The molecule has 7 heteroatoms. The Bertz CT molecular complexity index is 988. The Labute approximate surface area is 133 Å². The molecule has 0 radical (unpaired) electrons. The van der Waals surface area contributed by atoms with Crippen LogP contribution in [0.3, 0.4) is 0 Å². The number of hydrogen-bond donors (Lipinski definition) is 1. The van der Waals surface area contributed by atoms with Gasteiger partial charge in [0.15, 0.2) is 5.58 Å². The standard InChI is InChI=1S/C16H16N2O4S/c1-2-10-18-14-9-8-12(11-15(14)22-16(18)19)17-23(20,21)13-6-4-3-5-7-13/h3-9,11,17H,2,10H2,1H3. The molecule has 2 aromatic carbocycles. The summed E-state index contributed by atoms with van der Waals surface area (Å²) < 4.78 is 33.8. The van der Waals surface area contributed by atoms with Gasteiger partial charge in [0.2, 0.25) is 0 Å². The smallest absolute Gasteiger partial charge is 0.408 e. The summed E-state index contributed by atoms with van der Waals surface area (Å²) in [5.74, 6) is -0.440. The number of rotatable bonds is 5. The Hall–Kier alpha value is -2.54. The first-order valence-electron chi connectivity index (χ1n) is 7.22. The van der Waals surface area contributed by atoms with Gasteiger partial charge in [-0.3, -0.25) is 9.29 Å². The molecule has 23 heavy (non-hydrogen) atoms. The van der Waals surface area contributed by atoms with Crippen LogP contribution < -0.4 is 10.5 Å². The summed E-state index contributed by atoms with van der Waals surface area (Å²) in [5, 5.41) is 0. The fourth-order valence-electron chi connectivity index (χ4n) is 2.38. The summed E-state index contributed by atoms with van der Waals surface area (Å²) in [6, 6.07) is 12.9. The van der Waals surface area contributed by atoms with Crippen LogP contribution in [0.4, 0.5) is 5.69 Å². The van der Waals surface area contributed by atoms with Gasteiger partial charge in [-0.05, 0) is 30.7 Å². The lowest BCUT2D eigenvalue weighted by atomic mass is 10.3. The van der Waals surface area contributed by atoms with Crippen molar-refractivity contribution in [2.24, 2.45) is 0 Å². The zero-order valence-electron chi connectivity index (χ0n) is 12.5. The van der Waals surface area contributed by atoms with Crippen molar-refractivity contribution < 1.29 is 12.8 Å². The molecule has 6 nitrogen and oxygen atoms in total. The van der Waals surface area contributed by atoms with Crippen LogP contribution in [0.2, 0.25) is 0 Å². The van der Waals surface area contributed by atoms with Crippen molar-refractivity contribution >= 4 is 26.8 Å². The molecule has 0 aliphatic rings. The van der Waals surface area contributed by atoms with Crippen molar-refractivity contribution in [2.45, 2.75) is 24.8 Å². The Kier molecular flexibility index (Phi) is 3.96. The van der Waals surface area contributed by atoms with Gasteiger partial charge in [-0.2, -0.15) is 0 Å². The largest absolute Gasteiger partial charge is 0.419 e. The normalized spacial score (nSPS) is 11.7. The van der Waals surface area contributed by atoms with Crippen molar-refractivity contribution in [1.82, 2.24) is 4.57 Å². The van der Waals surface area contributed by atoms with E-state index in [0.29, 0.717) is 23.3 Å². The minimum atomic E-state index is -3.67. The van der Waals surface area contributed by atoms with E-state index in [-0.39, 0.29) is 4.90 Å². The fourth-order valence-corrected chi connectivity index (χ4v) is 3.45. The van der Waals surface area contributed by atoms with E-state index in [0.717, 1.165) is 6.42 Å². The molecule has 1 aromatic heterocycles. The predicted molar refractivity (Wildman–Crippen MR) is 88.0 cm³/mol. The Balaban J connectivity index is 1.97. The highest BCUT2D eigenvalue weighted by molar-refractivity contribution is 7.92. The summed E-state index contributed by atoms with van der Waals surface area (Å²) in [6.07, 6.45) is 0.803. The molecule has 0 aliphatic carbocycles. The topological polar surface area (TPSA) is 81.3 Å². The van der Waals surface area contributed by atoms with Crippen molar-refractivity contribution in [3.8, 4) is 0 Å². The molecule has 3 aromatic rings. The van der Waals surface area contributed by atoms with E-state index in [4.69, 9.17) is 4.42 Å². The highest BCUT2D eigenvalue weighted by Gasteiger charge is 2.15. The molecule has 0 atom stereocenters. The summed E-state index contributed by atoms with van der Waals surface area (Å²) in [6.45, 7) is 2.52. The van der Waals surface area contributed by atoms with Crippen molar-refractivity contribution in [3.05, 3.63) is 59.1 Å². The third-order valence-electron chi connectivity index (χ3n) is 3.42. The van der Waals surface area contributed by atoms with E-state index in [1.165, 1.54) is 22.8 Å². The maximum atomic E-state index is 12.3. The Morgan fingerprint density at radius 2 is 1.87 bits per heavy atom. The highest BCUT2D eigenvalue weighted by atomic mass is 32.2. The van der Waals surface area contributed by atoms with Gasteiger partial charge in [-0.15, -0.1) is 0 Å². The third kappa shape index (κ3) is 3.00. The van der Waals surface area contributed by atoms with E-state index in [2.05, 4.69) is 4.72 Å². The number of nitrogens with one attached hydrogen (secondary N) is 1. The van der Waals surface area contributed by atoms with Crippen molar-refractivity contribution in [3.63, 3.8) is 0 Å². The lowest BCUT2D eigenvalue weighted by Crippen LogP contribution is -2.13. The zero-order valence-corrected chi connectivity index (χ0v) is 13.3. The molecule has 0 fully saturated rings. The van der Waals surface area contributed by atoms with E-state index in [9.17, 15) is 13.2 Å². The summed E-state index contributed by atoms with van der Waals surface area (Å²) in [4.78, 5) is 12.0. The first kappa shape index (κ1) is 15.4. The van der Waals surface area contributed by atoms with Gasteiger partial charge in [0.25, 0.3) is 10.0 Å². The number of aryl methyl sites for hydroxylation is 1. The van der Waals surface area contributed by atoms with Crippen molar-refractivity contribution in [1.29, 1.82) is 0 Å². The maximum Gasteiger partial charge on any atom is 0.419 e. The van der Waals surface area contributed by atoms with Crippen LogP contribution in [-0.2, 0) is 16.6 Å². The molecule has 0 saturated heterocycles. The van der Waals surface area contributed by atoms with Crippen LogP contribution in [0, 0.1) is 0 Å². The molecule has 0 spiro atoms. The predicted octanol–water partition coefficient (Wildman–Crippen LogP) is 2.81. The summed E-state index contributed by atoms with van der Waals surface area (Å²) in [5.41, 5.74) is 1.36. The second-order valence-corrected chi connectivity index (χ2v) is 6.80. The molecule has 0 bridgehead atoms. The van der Waals surface area contributed by atoms with Gasteiger partial charge in [-0.1, -0.05) is 25.1 Å². The highest BCUT2D eigenvalue weighted by Crippen LogP contribution is 2.21. The average molecular weight is 332 g/mol. The van der Waals surface area contributed by atoms with Gasteiger partial charge >= 0.3 is 5.76 Å². The second kappa shape index (κ2) is 5.92. The van der Waals surface area contributed by atoms with Crippen LogP contribution in [0.5, 0.6) is 0 Å². The lowest BCUT2D eigenvalue weighted by Gasteiger charge is -2.08. The van der Waals surface area contributed by atoms with E-state index in [1.54, 1.807) is 30.3 Å². The van der Waals surface area contributed by atoms with Crippen LogP contribution in [0.25, 0.3) is 11.1 Å². The second-order valence-electron chi connectivity index (χ2n) is 5.12. The van der Waals surface area contributed by atoms with Crippen molar-refractivity contribution in [2.75, 3.05) is 4.72 Å². The molecule has 120 valence electrons. The zero-order chi connectivity index (χ0) is 16.4. The molecular formula is C16H16N2O4S. The number of hydrogen-bond acceptors (Lipinski definition) is 4. The average Bonchev–Trinajstić information content (AvgIpc) is 2.83. The first-order chi connectivity index (χ1) is 11.0. The third-order valence-corrected chi connectivity index (χ3v) is 4.82. The number of oxazole rings is 1. The Morgan fingerprint density at radius 3 is 2.57 bits per heavy atom. The van der Waals surface area contributed by atoms with Crippen LogP contribution in [0.1, 0.15) is 13.3 Å². The molecular weight excluding hydrogens is 316 g/mol. The van der Waals surface area contributed by atoms with Crippen LogP contribution in [-0.4, -0.2) is 13.0 Å². The van der Waals surface area contributed by atoms with E-state index < -0.39 is 15.8 Å². The number of sulfonamides is 1. The molecule has 0 saturated carbocycles. The SMILES string of the molecule is CCCn1c(=O)oc2cc(NS(=O)(=O)c3ccccc3)ccc21. The minimum absolute atomic E-state index is 0.171. The van der Waals surface area contributed by atoms with Gasteiger partial charge in [0.05, 0.1) is 16.1 Å². The summed E-state index contributed by atoms with van der Waals surface area (Å²) in [7, 11) is -3.67. The molecule has 1 N–H and O–H groups in total. The molecule has 0 aliphatic heterocycles. The number of benzene rings is 2. The first-order valence-corrected chi connectivity index (χ1v) is 8.71. The van der Waals surface area contributed by atoms with E-state index in [1.807, 2.05) is 6.92 Å². The summed E-state index contributed by atoms with van der Waals surface area (Å²) >= 11 is 0. The molecule has 3 rings (SSSR count).